The maximum absolute atomic E-state index is 11.3. The number of hydrogen-bond acceptors (Lipinski definition) is 3. The summed E-state index contributed by atoms with van der Waals surface area (Å²) in [6.45, 7) is 0. The Kier molecular flexibility index (Phi) is 1.16. The molecule has 66 valence electrons. The lowest BCUT2D eigenvalue weighted by Crippen LogP contribution is -2.26. The Morgan fingerprint density at radius 2 is 2.25 bits per heavy atom. The first-order valence-corrected chi connectivity index (χ1v) is 4.54. The van der Waals surface area contributed by atoms with E-state index < -0.39 is 0 Å². The number of ether oxygens (including phenoxy) is 2. The molecule has 12 heavy (non-hydrogen) atoms. The van der Waals surface area contributed by atoms with Crippen LogP contribution in [0.4, 0.5) is 0 Å². The summed E-state index contributed by atoms with van der Waals surface area (Å²) in [6.07, 6.45) is 3.11. The number of carbonyl (C=O) groups excluding carboxylic acids is 1. The monoisotopic (exact) mass is 168 g/mol. The standard InChI is InChI=1S/C9H12O3/c1-11-9(10)6-3-4-2-5(6)8-7(4)12-8/h4-8H,2-3H2,1H3/t4-,5+,6-,7-,8+/m1/s1. The maximum atomic E-state index is 11.3. The van der Waals surface area contributed by atoms with Crippen molar-refractivity contribution in [3.05, 3.63) is 0 Å². The van der Waals surface area contributed by atoms with Crippen LogP contribution >= 0.6 is 0 Å². The summed E-state index contributed by atoms with van der Waals surface area (Å²) in [5, 5.41) is 0. The largest absolute Gasteiger partial charge is 0.469 e. The van der Waals surface area contributed by atoms with E-state index in [0.717, 1.165) is 6.42 Å². The predicted octanol–water partition coefficient (Wildman–Crippen LogP) is 0.583. The number of epoxide rings is 1. The first-order chi connectivity index (χ1) is 5.81. The average molecular weight is 168 g/mol. The van der Waals surface area contributed by atoms with Crippen molar-refractivity contribution in [2.75, 3.05) is 7.11 Å². The SMILES string of the molecule is COC(=O)[C@@H]1C[C@H]2C[C@@H]1[C@@H]1O[C@H]21. The topological polar surface area (TPSA) is 38.8 Å². The van der Waals surface area contributed by atoms with Gasteiger partial charge in [0.2, 0.25) is 0 Å². The molecular formula is C9H12O3. The minimum atomic E-state index is -0.0311. The summed E-state index contributed by atoms with van der Waals surface area (Å²) >= 11 is 0. The van der Waals surface area contributed by atoms with E-state index >= 15 is 0 Å². The van der Waals surface area contributed by atoms with Gasteiger partial charge in [-0.1, -0.05) is 0 Å². The van der Waals surface area contributed by atoms with Gasteiger partial charge in [0.25, 0.3) is 0 Å². The first kappa shape index (κ1) is 6.89. The summed E-state index contributed by atoms with van der Waals surface area (Å²) < 4.78 is 10.2. The predicted molar refractivity (Wildman–Crippen MR) is 40.4 cm³/mol. The Labute approximate surface area is 71.0 Å². The third kappa shape index (κ3) is 0.678. The highest BCUT2D eigenvalue weighted by atomic mass is 16.6. The summed E-state index contributed by atoms with van der Waals surface area (Å²) in [6, 6.07) is 0. The van der Waals surface area contributed by atoms with Gasteiger partial charge in [-0.25, -0.2) is 0 Å². The number of rotatable bonds is 1. The molecule has 0 aromatic carbocycles. The van der Waals surface area contributed by atoms with E-state index in [9.17, 15) is 4.79 Å². The van der Waals surface area contributed by atoms with Gasteiger partial charge in [-0.15, -0.1) is 0 Å². The van der Waals surface area contributed by atoms with Crippen LogP contribution in [0.25, 0.3) is 0 Å². The molecule has 3 aliphatic rings. The molecule has 1 aliphatic heterocycles. The molecule has 3 heteroatoms. The molecule has 3 rings (SSSR count). The second-order valence-electron chi connectivity index (χ2n) is 4.09. The van der Waals surface area contributed by atoms with Crippen LogP contribution in [0.15, 0.2) is 0 Å². The minimum Gasteiger partial charge on any atom is -0.469 e. The Morgan fingerprint density at radius 1 is 1.42 bits per heavy atom. The van der Waals surface area contributed by atoms with Crippen LogP contribution in [-0.4, -0.2) is 25.3 Å². The van der Waals surface area contributed by atoms with E-state index in [-0.39, 0.29) is 11.9 Å². The minimum absolute atomic E-state index is 0.0311. The Hall–Kier alpha value is -0.570. The van der Waals surface area contributed by atoms with Crippen molar-refractivity contribution >= 4 is 5.97 Å². The van der Waals surface area contributed by atoms with E-state index in [1.807, 2.05) is 0 Å². The van der Waals surface area contributed by atoms with Gasteiger partial charge in [0, 0.05) is 5.92 Å². The van der Waals surface area contributed by atoms with Crippen LogP contribution in [0.5, 0.6) is 0 Å². The number of methoxy groups -OCH3 is 1. The Bertz CT molecular complexity index is 238. The molecule has 0 unspecified atom stereocenters. The molecule has 0 aromatic heterocycles. The molecule has 0 radical (unpaired) electrons. The fourth-order valence-electron chi connectivity index (χ4n) is 3.02. The normalized spacial score (nSPS) is 53.6. The molecule has 2 bridgehead atoms. The zero-order valence-electron chi connectivity index (χ0n) is 7.03. The van der Waals surface area contributed by atoms with Gasteiger partial charge < -0.3 is 9.47 Å². The summed E-state index contributed by atoms with van der Waals surface area (Å²) in [5.41, 5.74) is 0. The smallest absolute Gasteiger partial charge is 0.309 e. The third-order valence-corrected chi connectivity index (χ3v) is 3.60. The van der Waals surface area contributed by atoms with Crippen LogP contribution in [0.3, 0.4) is 0 Å². The van der Waals surface area contributed by atoms with Crippen molar-refractivity contribution in [3.63, 3.8) is 0 Å². The van der Waals surface area contributed by atoms with Crippen LogP contribution in [-0.2, 0) is 14.3 Å². The van der Waals surface area contributed by atoms with Gasteiger partial charge in [-0.2, -0.15) is 0 Å². The molecule has 3 nitrogen and oxygen atoms in total. The van der Waals surface area contributed by atoms with Crippen LogP contribution < -0.4 is 0 Å². The molecule has 1 saturated heterocycles. The fourth-order valence-corrected chi connectivity index (χ4v) is 3.02. The van der Waals surface area contributed by atoms with Crippen LogP contribution in [0.1, 0.15) is 12.8 Å². The van der Waals surface area contributed by atoms with Crippen molar-refractivity contribution < 1.29 is 14.3 Å². The van der Waals surface area contributed by atoms with Crippen molar-refractivity contribution in [3.8, 4) is 0 Å². The molecule has 3 fully saturated rings. The van der Waals surface area contributed by atoms with Gasteiger partial charge in [-0.05, 0) is 18.8 Å². The van der Waals surface area contributed by atoms with E-state index in [4.69, 9.17) is 9.47 Å². The lowest BCUT2D eigenvalue weighted by atomic mass is 9.89. The second kappa shape index (κ2) is 2.02. The average Bonchev–Trinajstić information content (AvgIpc) is 2.71. The second-order valence-corrected chi connectivity index (χ2v) is 4.09. The summed E-state index contributed by atoms with van der Waals surface area (Å²) in [4.78, 5) is 11.3. The summed E-state index contributed by atoms with van der Waals surface area (Å²) in [5.74, 6) is 1.25. The first-order valence-electron chi connectivity index (χ1n) is 4.54. The highest BCUT2D eigenvalue weighted by molar-refractivity contribution is 5.73. The van der Waals surface area contributed by atoms with Crippen LogP contribution in [0.2, 0.25) is 0 Å². The molecule has 1 heterocycles. The quantitative estimate of drug-likeness (QED) is 0.424. The van der Waals surface area contributed by atoms with Gasteiger partial charge in [-0.3, -0.25) is 4.79 Å². The highest BCUT2D eigenvalue weighted by Gasteiger charge is 2.64. The van der Waals surface area contributed by atoms with Crippen molar-refractivity contribution in [1.82, 2.24) is 0 Å². The van der Waals surface area contributed by atoms with Crippen molar-refractivity contribution in [1.29, 1.82) is 0 Å². The number of carbonyl (C=O) groups is 1. The lowest BCUT2D eigenvalue weighted by Gasteiger charge is -2.15. The zero-order valence-corrected chi connectivity index (χ0v) is 7.03. The molecule has 0 spiro atoms. The van der Waals surface area contributed by atoms with E-state index in [1.54, 1.807) is 0 Å². The molecule has 0 N–H and O–H groups in total. The van der Waals surface area contributed by atoms with Gasteiger partial charge in [0.15, 0.2) is 0 Å². The zero-order chi connectivity index (χ0) is 8.29. The fraction of sp³-hybridized carbons (Fsp3) is 0.889. The summed E-state index contributed by atoms with van der Waals surface area (Å²) in [7, 11) is 1.47. The van der Waals surface area contributed by atoms with Crippen molar-refractivity contribution in [2.24, 2.45) is 17.8 Å². The Morgan fingerprint density at radius 3 is 2.83 bits per heavy atom. The molecule has 0 aromatic rings. The van der Waals surface area contributed by atoms with Gasteiger partial charge in [0.05, 0.1) is 25.2 Å². The molecule has 2 saturated carbocycles. The van der Waals surface area contributed by atoms with Crippen molar-refractivity contribution in [2.45, 2.75) is 25.0 Å². The lowest BCUT2D eigenvalue weighted by molar-refractivity contribution is -0.147. The van der Waals surface area contributed by atoms with Gasteiger partial charge >= 0.3 is 5.97 Å². The molecule has 5 atom stereocenters. The van der Waals surface area contributed by atoms with Crippen LogP contribution in [0, 0.1) is 17.8 Å². The van der Waals surface area contributed by atoms with E-state index in [1.165, 1.54) is 13.5 Å². The number of esters is 1. The number of hydrogen-bond donors (Lipinski definition) is 0. The number of fused-ring (bicyclic) bond motifs is 5. The molecule has 0 amide bonds. The third-order valence-electron chi connectivity index (χ3n) is 3.60. The van der Waals surface area contributed by atoms with E-state index in [2.05, 4.69) is 0 Å². The highest BCUT2D eigenvalue weighted by Crippen LogP contribution is 2.58. The Balaban J connectivity index is 1.80. The molecular weight excluding hydrogens is 156 g/mol. The maximum Gasteiger partial charge on any atom is 0.309 e. The van der Waals surface area contributed by atoms with E-state index in [0.29, 0.717) is 24.0 Å². The molecule has 2 aliphatic carbocycles. The van der Waals surface area contributed by atoms with Gasteiger partial charge in [0.1, 0.15) is 0 Å².